The lowest BCUT2D eigenvalue weighted by Crippen LogP contribution is -2.34. The highest BCUT2D eigenvalue weighted by Gasteiger charge is 2.14. The zero-order chi connectivity index (χ0) is 13.4. The Balaban J connectivity index is 2.24. The van der Waals surface area contributed by atoms with Crippen LogP contribution in [0.3, 0.4) is 0 Å². The minimum Gasteiger partial charge on any atom is -0.468 e. The minimum atomic E-state index is -0.690. The molecule has 1 amide bonds. The van der Waals surface area contributed by atoms with Gasteiger partial charge in [-0.2, -0.15) is 0 Å². The van der Waals surface area contributed by atoms with E-state index in [0.717, 1.165) is 5.69 Å². The van der Waals surface area contributed by atoms with E-state index < -0.39 is 12.0 Å². The van der Waals surface area contributed by atoms with Crippen LogP contribution in [0, 0.1) is 0 Å². The van der Waals surface area contributed by atoms with Crippen LogP contribution in [0.2, 0.25) is 0 Å². The maximum absolute atomic E-state index is 11.5. The van der Waals surface area contributed by atoms with E-state index in [1.54, 1.807) is 0 Å². The molecule has 0 heterocycles. The summed E-state index contributed by atoms with van der Waals surface area (Å²) in [6, 6.07) is 8.49. The number of rotatable bonds is 6. The summed E-state index contributed by atoms with van der Waals surface area (Å²) in [5, 5.41) is 2.74. The Morgan fingerprint density at radius 1 is 1.39 bits per heavy atom. The molecule has 0 radical (unpaired) electrons. The van der Waals surface area contributed by atoms with Crippen molar-refractivity contribution in [3.05, 3.63) is 30.3 Å². The van der Waals surface area contributed by atoms with E-state index >= 15 is 0 Å². The van der Waals surface area contributed by atoms with Crippen molar-refractivity contribution >= 4 is 29.3 Å². The first-order valence-electron chi connectivity index (χ1n) is 5.39. The average molecular weight is 268 g/mol. The van der Waals surface area contributed by atoms with Crippen molar-refractivity contribution in [2.24, 2.45) is 5.73 Å². The number of benzene rings is 1. The van der Waals surface area contributed by atoms with Crippen molar-refractivity contribution in [1.82, 2.24) is 0 Å². The molecule has 1 aromatic carbocycles. The molecule has 1 aromatic rings. The summed E-state index contributed by atoms with van der Waals surface area (Å²) in [5.74, 6) is 0.0170. The van der Waals surface area contributed by atoms with Gasteiger partial charge in [0.1, 0.15) is 6.04 Å². The smallest absolute Gasteiger partial charge is 0.323 e. The van der Waals surface area contributed by atoms with Gasteiger partial charge < -0.3 is 15.8 Å². The first kappa shape index (κ1) is 14.5. The predicted molar refractivity (Wildman–Crippen MR) is 72.4 cm³/mol. The van der Waals surface area contributed by atoms with Gasteiger partial charge in [0, 0.05) is 11.4 Å². The highest BCUT2D eigenvalue weighted by Crippen LogP contribution is 2.07. The molecule has 3 N–H and O–H groups in total. The van der Waals surface area contributed by atoms with E-state index in [0.29, 0.717) is 5.75 Å². The number of nitrogens with one attached hydrogen (secondary N) is 1. The fourth-order valence-corrected chi connectivity index (χ4v) is 1.98. The average Bonchev–Trinajstić information content (AvgIpc) is 2.38. The Labute approximate surface area is 110 Å². The lowest BCUT2D eigenvalue weighted by atomic mass is 10.3. The second-order valence-electron chi connectivity index (χ2n) is 3.56. The second kappa shape index (κ2) is 7.73. The van der Waals surface area contributed by atoms with Crippen LogP contribution in [0.4, 0.5) is 5.69 Å². The van der Waals surface area contributed by atoms with Crippen molar-refractivity contribution in [3.8, 4) is 0 Å². The van der Waals surface area contributed by atoms with Gasteiger partial charge in [-0.05, 0) is 12.1 Å². The molecule has 0 saturated heterocycles. The Bertz CT molecular complexity index is 398. The standard InChI is InChI=1S/C12H16N2O3S/c1-17-12(16)10(13)7-18-8-11(15)14-9-5-3-2-4-6-9/h2-6,10H,7-8,13H2,1H3,(H,14,15). The van der Waals surface area contributed by atoms with Crippen LogP contribution in [0.5, 0.6) is 0 Å². The summed E-state index contributed by atoms with van der Waals surface area (Å²) in [5.41, 5.74) is 6.29. The summed E-state index contributed by atoms with van der Waals surface area (Å²) in [7, 11) is 1.29. The molecule has 6 heteroatoms. The van der Waals surface area contributed by atoms with Crippen LogP contribution in [0.15, 0.2) is 30.3 Å². The number of ether oxygens (including phenoxy) is 1. The van der Waals surface area contributed by atoms with Crippen LogP contribution in [-0.4, -0.2) is 36.5 Å². The van der Waals surface area contributed by atoms with Gasteiger partial charge >= 0.3 is 5.97 Å². The largest absolute Gasteiger partial charge is 0.468 e. The zero-order valence-corrected chi connectivity index (χ0v) is 10.9. The molecule has 0 aliphatic rings. The summed E-state index contributed by atoms with van der Waals surface area (Å²) in [6.45, 7) is 0. The molecule has 0 aliphatic carbocycles. The van der Waals surface area contributed by atoms with Crippen LogP contribution in [0.25, 0.3) is 0 Å². The SMILES string of the molecule is COC(=O)C(N)CSCC(=O)Nc1ccccc1. The molecule has 1 rings (SSSR count). The quantitative estimate of drug-likeness (QED) is 0.748. The van der Waals surface area contributed by atoms with Crippen molar-refractivity contribution in [1.29, 1.82) is 0 Å². The number of para-hydroxylation sites is 1. The van der Waals surface area contributed by atoms with Crippen LogP contribution >= 0.6 is 11.8 Å². The van der Waals surface area contributed by atoms with Crippen molar-refractivity contribution in [2.45, 2.75) is 6.04 Å². The van der Waals surface area contributed by atoms with Gasteiger partial charge in [0.05, 0.1) is 12.9 Å². The molecule has 5 nitrogen and oxygen atoms in total. The highest BCUT2D eigenvalue weighted by atomic mass is 32.2. The van der Waals surface area contributed by atoms with E-state index in [1.807, 2.05) is 30.3 Å². The number of carbonyl (C=O) groups is 2. The summed E-state index contributed by atoms with van der Waals surface area (Å²) >= 11 is 1.29. The van der Waals surface area contributed by atoms with Crippen molar-refractivity contribution < 1.29 is 14.3 Å². The number of amides is 1. The van der Waals surface area contributed by atoms with Crippen molar-refractivity contribution in [2.75, 3.05) is 23.9 Å². The number of hydrogen-bond acceptors (Lipinski definition) is 5. The van der Waals surface area contributed by atoms with Crippen molar-refractivity contribution in [3.63, 3.8) is 0 Å². The third-order valence-electron chi connectivity index (χ3n) is 2.09. The van der Waals surface area contributed by atoms with Crippen LogP contribution in [-0.2, 0) is 14.3 Å². The minimum absolute atomic E-state index is 0.122. The molecule has 0 bridgehead atoms. The topological polar surface area (TPSA) is 81.4 Å². The monoisotopic (exact) mass is 268 g/mol. The first-order chi connectivity index (χ1) is 8.63. The summed E-state index contributed by atoms with van der Waals surface area (Å²) < 4.78 is 4.49. The highest BCUT2D eigenvalue weighted by molar-refractivity contribution is 8.00. The maximum Gasteiger partial charge on any atom is 0.323 e. The van der Waals surface area contributed by atoms with Gasteiger partial charge in [-0.3, -0.25) is 9.59 Å². The predicted octanol–water partition coefficient (Wildman–Crippen LogP) is 0.859. The normalized spacial score (nSPS) is 11.7. The Kier molecular flexibility index (Phi) is 6.24. The number of hydrogen-bond donors (Lipinski definition) is 2. The van der Waals surface area contributed by atoms with Gasteiger partial charge in [-0.1, -0.05) is 18.2 Å². The van der Waals surface area contributed by atoms with E-state index in [9.17, 15) is 9.59 Å². The third kappa shape index (κ3) is 5.20. The van der Waals surface area contributed by atoms with Crippen LogP contribution < -0.4 is 11.1 Å². The summed E-state index contributed by atoms with van der Waals surface area (Å²) in [4.78, 5) is 22.6. The molecular formula is C12H16N2O3S. The van der Waals surface area contributed by atoms with Gasteiger partial charge in [0.25, 0.3) is 0 Å². The third-order valence-corrected chi connectivity index (χ3v) is 3.15. The lowest BCUT2D eigenvalue weighted by molar-refractivity contribution is -0.141. The van der Waals surface area contributed by atoms with E-state index in [-0.39, 0.29) is 11.7 Å². The second-order valence-corrected chi connectivity index (χ2v) is 4.59. The number of anilines is 1. The molecule has 0 aliphatic heterocycles. The number of thioether (sulfide) groups is 1. The Morgan fingerprint density at radius 3 is 2.67 bits per heavy atom. The first-order valence-corrected chi connectivity index (χ1v) is 6.55. The van der Waals surface area contributed by atoms with E-state index in [1.165, 1.54) is 18.9 Å². The number of carbonyl (C=O) groups excluding carboxylic acids is 2. The molecule has 1 atom stereocenters. The Morgan fingerprint density at radius 2 is 2.06 bits per heavy atom. The molecule has 0 aromatic heterocycles. The lowest BCUT2D eigenvalue weighted by Gasteiger charge is -2.08. The molecule has 1 unspecified atom stereocenters. The Hall–Kier alpha value is -1.53. The number of nitrogens with two attached hydrogens (primary N) is 1. The maximum atomic E-state index is 11.5. The van der Waals surface area contributed by atoms with Crippen LogP contribution in [0.1, 0.15) is 0 Å². The van der Waals surface area contributed by atoms with Gasteiger partial charge in [-0.25, -0.2) is 0 Å². The van der Waals surface area contributed by atoms with Gasteiger partial charge in [-0.15, -0.1) is 11.8 Å². The van der Waals surface area contributed by atoms with Gasteiger partial charge in [0.15, 0.2) is 0 Å². The zero-order valence-electron chi connectivity index (χ0n) is 10.1. The number of esters is 1. The van der Waals surface area contributed by atoms with E-state index in [2.05, 4.69) is 10.1 Å². The fraction of sp³-hybridized carbons (Fsp3) is 0.333. The molecule has 0 saturated carbocycles. The summed E-state index contributed by atoms with van der Waals surface area (Å²) in [6.07, 6.45) is 0. The number of methoxy groups -OCH3 is 1. The molecule has 0 spiro atoms. The van der Waals surface area contributed by atoms with E-state index in [4.69, 9.17) is 5.73 Å². The molecule has 18 heavy (non-hydrogen) atoms. The van der Waals surface area contributed by atoms with Gasteiger partial charge in [0.2, 0.25) is 5.91 Å². The molecule has 98 valence electrons. The molecule has 0 fully saturated rings. The molecular weight excluding hydrogens is 252 g/mol. The fourth-order valence-electron chi connectivity index (χ4n) is 1.22.